The molecule has 2 unspecified atom stereocenters. The molecule has 1 aromatic rings. The van der Waals surface area contributed by atoms with Gasteiger partial charge in [-0.05, 0) is 67.0 Å². The highest BCUT2D eigenvalue weighted by Crippen LogP contribution is 2.44. The van der Waals surface area contributed by atoms with Crippen LogP contribution in [0.5, 0.6) is 0 Å². The minimum Gasteiger partial charge on any atom is -0.463 e. The Bertz CT molecular complexity index is 1250. The third kappa shape index (κ3) is 10.5. The Hall–Kier alpha value is -3.31. The number of nitrogens with zero attached hydrogens (tertiary/aromatic N) is 1. The van der Waals surface area contributed by atoms with Gasteiger partial charge in [-0.25, -0.2) is 14.4 Å². The Labute approximate surface area is 256 Å². The topological polar surface area (TPSA) is 142 Å². The minimum atomic E-state index is -1.05. The van der Waals surface area contributed by atoms with Gasteiger partial charge in [0.2, 0.25) is 0 Å². The number of amides is 2. The second-order valence-corrected chi connectivity index (χ2v) is 12.3. The zero-order chi connectivity index (χ0) is 31.8. The van der Waals surface area contributed by atoms with E-state index in [1.54, 1.807) is 73.6 Å². The summed E-state index contributed by atoms with van der Waals surface area (Å²) in [6, 6.07) is 4.90. The molecule has 0 fully saturated rings. The summed E-state index contributed by atoms with van der Waals surface area (Å²) in [5, 5.41) is 5.43. The van der Waals surface area contributed by atoms with Crippen LogP contribution >= 0.6 is 23.2 Å². The molecule has 0 saturated carbocycles. The number of nitrogens with one attached hydrogen (secondary N) is 2. The van der Waals surface area contributed by atoms with E-state index in [9.17, 15) is 19.2 Å². The van der Waals surface area contributed by atoms with Crippen molar-refractivity contribution < 1.29 is 38.1 Å². The van der Waals surface area contributed by atoms with Crippen molar-refractivity contribution >= 4 is 53.0 Å². The number of hydrogen-bond donors (Lipinski definition) is 2. The van der Waals surface area contributed by atoms with Crippen molar-refractivity contribution in [3.8, 4) is 0 Å². The van der Waals surface area contributed by atoms with E-state index in [1.165, 1.54) is 0 Å². The Balaban J connectivity index is 2.24. The van der Waals surface area contributed by atoms with E-state index in [4.69, 9.17) is 42.1 Å². The summed E-state index contributed by atoms with van der Waals surface area (Å²) >= 11 is 12.9. The van der Waals surface area contributed by atoms with E-state index in [2.05, 4.69) is 15.6 Å². The van der Waals surface area contributed by atoms with E-state index in [0.717, 1.165) is 0 Å². The highest BCUT2D eigenvalue weighted by Gasteiger charge is 2.43. The van der Waals surface area contributed by atoms with Gasteiger partial charge in [-0.15, -0.1) is 0 Å². The van der Waals surface area contributed by atoms with Crippen LogP contribution in [0.1, 0.15) is 66.9 Å². The van der Waals surface area contributed by atoms with Crippen LogP contribution in [-0.4, -0.2) is 67.3 Å². The number of carbonyl (C=O) groups excluding carboxylic acids is 4. The first-order chi connectivity index (χ1) is 19.4. The monoisotopic (exact) mass is 627 g/mol. The smallest absolute Gasteiger partial charge is 0.407 e. The molecule has 1 aliphatic rings. The number of rotatable bonds is 9. The van der Waals surface area contributed by atoms with Crippen LogP contribution in [0.3, 0.4) is 0 Å². The van der Waals surface area contributed by atoms with Gasteiger partial charge < -0.3 is 29.6 Å². The van der Waals surface area contributed by atoms with E-state index < -0.39 is 47.2 Å². The first-order valence-electron chi connectivity index (χ1n) is 13.4. The molecule has 2 atom stereocenters. The molecular formula is C29H39Cl2N3O8. The molecule has 0 bridgehead atoms. The van der Waals surface area contributed by atoms with Crippen LogP contribution in [0.15, 0.2) is 34.5 Å². The van der Waals surface area contributed by atoms with Crippen LogP contribution in [0.25, 0.3) is 0 Å². The summed E-state index contributed by atoms with van der Waals surface area (Å²) in [5.41, 5.74) is -0.141. The molecule has 13 heteroatoms. The zero-order valence-electron chi connectivity index (χ0n) is 25.2. The van der Waals surface area contributed by atoms with Crippen LogP contribution < -0.4 is 10.6 Å². The number of hydrogen-bond acceptors (Lipinski definition) is 9. The standard InChI is InChI=1S/C29H39Cl2N3O8/c1-16-20(24(35)39-14-12-32-26(37)41-28(3,4)5)22(18-10-9-11-19(30)23(18)31)21(17(2)34-16)25(36)40-15-13-33-27(38)42-29(6,7)8/h9-11,20,22H,12-15H2,1-8H3,(H,32,37)(H,33,38). The van der Waals surface area contributed by atoms with Gasteiger partial charge >= 0.3 is 24.1 Å². The highest BCUT2D eigenvalue weighted by molar-refractivity contribution is 6.42. The summed E-state index contributed by atoms with van der Waals surface area (Å²) in [6.07, 6.45) is -1.30. The van der Waals surface area contributed by atoms with Crippen molar-refractivity contribution in [2.75, 3.05) is 26.3 Å². The van der Waals surface area contributed by atoms with Gasteiger partial charge in [0.15, 0.2) is 0 Å². The number of allylic oxidation sites excluding steroid dienone is 1. The fourth-order valence-corrected chi connectivity index (χ4v) is 4.53. The molecular weight excluding hydrogens is 589 g/mol. The molecule has 0 radical (unpaired) electrons. The predicted octanol–water partition coefficient (Wildman–Crippen LogP) is 5.58. The summed E-state index contributed by atoms with van der Waals surface area (Å²) in [7, 11) is 0. The van der Waals surface area contributed by atoms with Gasteiger partial charge in [-0.2, -0.15) is 0 Å². The second-order valence-electron chi connectivity index (χ2n) is 11.5. The molecule has 2 N–H and O–H groups in total. The van der Waals surface area contributed by atoms with E-state index in [0.29, 0.717) is 17.0 Å². The SMILES string of the molecule is CC1=NC(C)=C(C(=O)OCCNC(=O)OC(C)(C)C)C(c2cccc(Cl)c2Cl)C1C(=O)OCCNC(=O)OC(C)(C)C. The Morgan fingerprint density at radius 2 is 1.38 bits per heavy atom. The lowest BCUT2D eigenvalue weighted by atomic mass is 9.75. The maximum atomic E-state index is 13.4. The fraction of sp³-hybridized carbons (Fsp3) is 0.552. The molecule has 1 heterocycles. The predicted molar refractivity (Wildman–Crippen MR) is 159 cm³/mol. The molecule has 1 aromatic carbocycles. The molecule has 0 aliphatic carbocycles. The van der Waals surface area contributed by atoms with Crippen molar-refractivity contribution in [2.45, 2.75) is 72.5 Å². The number of alkyl carbamates (subject to hydrolysis) is 2. The summed E-state index contributed by atoms with van der Waals surface area (Å²) < 4.78 is 21.3. The summed E-state index contributed by atoms with van der Waals surface area (Å²) in [5.74, 6) is -3.42. The molecule has 11 nitrogen and oxygen atoms in total. The molecule has 232 valence electrons. The number of aliphatic imine (C=N–C) groups is 1. The number of halogens is 2. The second kappa shape index (κ2) is 14.7. The third-order valence-corrected chi connectivity index (χ3v) is 6.47. The summed E-state index contributed by atoms with van der Waals surface area (Å²) in [4.78, 5) is 55.1. The van der Waals surface area contributed by atoms with Gasteiger partial charge in [-0.3, -0.25) is 9.79 Å². The molecule has 0 saturated heterocycles. The first kappa shape index (κ1) is 34.9. The van der Waals surface area contributed by atoms with E-state index in [-0.39, 0.29) is 41.9 Å². The normalized spacial score (nSPS) is 17.1. The lowest BCUT2D eigenvalue weighted by molar-refractivity contribution is -0.146. The average Bonchev–Trinajstić information content (AvgIpc) is 2.83. The number of benzene rings is 1. The van der Waals surface area contributed by atoms with Gasteiger partial charge in [-0.1, -0.05) is 35.3 Å². The Kier molecular flexibility index (Phi) is 12.2. The molecule has 2 amide bonds. The maximum absolute atomic E-state index is 13.4. The number of ether oxygens (including phenoxy) is 4. The van der Waals surface area contributed by atoms with Gasteiger partial charge in [0, 0.05) is 17.3 Å². The number of esters is 2. The quantitative estimate of drug-likeness (QED) is 0.205. The van der Waals surface area contributed by atoms with Gasteiger partial charge in [0.1, 0.15) is 30.3 Å². The largest absolute Gasteiger partial charge is 0.463 e. The van der Waals surface area contributed by atoms with Crippen LogP contribution in [0, 0.1) is 5.92 Å². The lowest BCUT2D eigenvalue weighted by Crippen LogP contribution is -2.39. The molecule has 42 heavy (non-hydrogen) atoms. The third-order valence-electron chi connectivity index (χ3n) is 5.64. The van der Waals surface area contributed by atoms with Crippen LogP contribution in [0.2, 0.25) is 10.0 Å². The van der Waals surface area contributed by atoms with Crippen LogP contribution in [0.4, 0.5) is 9.59 Å². The van der Waals surface area contributed by atoms with Gasteiger partial charge in [0.05, 0.1) is 28.7 Å². The van der Waals surface area contributed by atoms with Gasteiger partial charge in [0.25, 0.3) is 0 Å². The average molecular weight is 629 g/mol. The maximum Gasteiger partial charge on any atom is 0.407 e. The highest BCUT2D eigenvalue weighted by atomic mass is 35.5. The van der Waals surface area contributed by atoms with Crippen molar-refractivity contribution in [3.05, 3.63) is 45.1 Å². The van der Waals surface area contributed by atoms with Crippen LogP contribution in [-0.2, 0) is 28.5 Å². The van der Waals surface area contributed by atoms with Crippen molar-refractivity contribution in [3.63, 3.8) is 0 Å². The zero-order valence-corrected chi connectivity index (χ0v) is 26.7. The van der Waals surface area contributed by atoms with E-state index >= 15 is 0 Å². The lowest BCUT2D eigenvalue weighted by Gasteiger charge is -2.32. The fourth-order valence-electron chi connectivity index (χ4n) is 4.10. The Morgan fingerprint density at radius 3 is 1.90 bits per heavy atom. The number of carbonyl (C=O) groups is 4. The Morgan fingerprint density at radius 1 is 0.857 bits per heavy atom. The van der Waals surface area contributed by atoms with Crippen molar-refractivity contribution in [2.24, 2.45) is 10.9 Å². The van der Waals surface area contributed by atoms with E-state index in [1.807, 2.05) is 0 Å². The minimum absolute atomic E-state index is 0.000561. The molecule has 0 spiro atoms. The molecule has 2 rings (SSSR count). The van der Waals surface area contributed by atoms with Crippen molar-refractivity contribution in [1.29, 1.82) is 0 Å². The first-order valence-corrected chi connectivity index (χ1v) is 14.1. The molecule has 0 aromatic heterocycles. The van der Waals surface area contributed by atoms with Crippen molar-refractivity contribution in [1.82, 2.24) is 10.6 Å². The summed E-state index contributed by atoms with van der Waals surface area (Å²) in [6.45, 7) is 13.3. The molecule has 1 aliphatic heterocycles.